The first-order valence-electron chi connectivity index (χ1n) is 5.94. The lowest BCUT2D eigenvalue weighted by molar-refractivity contribution is 0.311. The molecule has 4 nitrogen and oxygen atoms in total. The van der Waals surface area contributed by atoms with E-state index in [1.54, 1.807) is 0 Å². The Morgan fingerprint density at radius 1 is 1.24 bits per heavy atom. The van der Waals surface area contributed by atoms with Crippen LogP contribution in [0.15, 0.2) is 30.7 Å². The number of piperazine rings is 1. The maximum absolute atomic E-state index is 5.66. The third kappa shape index (κ3) is 1.85. The van der Waals surface area contributed by atoms with E-state index in [0.717, 1.165) is 37.6 Å². The van der Waals surface area contributed by atoms with Gasteiger partial charge in [-0.25, -0.2) is 0 Å². The van der Waals surface area contributed by atoms with Gasteiger partial charge in [-0.05, 0) is 25.8 Å². The van der Waals surface area contributed by atoms with Crippen molar-refractivity contribution >= 4 is 11.4 Å². The maximum atomic E-state index is 5.66. The van der Waals surface area contributed by atoms with Crippen molar-refractivity contribution in [1.29, 1.82) is 0 Å². The highest BCUT2D eigenvalue weighted by Gasteiger charge is 2.23. The molecule has 3 rings (SSSR count). The van der Waals surface area contributed by atoms with Crippen LogP contribution in [0.2, 0.25) is 0 Å². The molecule has 0 bridgehead atoms. The average molecular weight is 231 g/mol. The van der Waals surface area contributed by atoms with Crippen LogP contribution in [0.1, 0.15) is 0 Å². The van der Waals surface area contributed by atoms with Gasteiger partial charge in [0.05, 0.1) is 11.4 Å². The summed E-state index contributed by atoms with van der Waals surface area (Å²) in [7, 11) is 2.16. The van der Waals surface area contributed by atoms with Crippen molar-refractivity contribution in [3.8, 4) is 5.75 Å². The number of ether oxygens (including phenoxy) is 1. The van der Waals surface area contributed by atoms with Gasteiger partial charge in [-0.1, -0.05) is 6.07 Å². The molecule has 1 fully saturated rings. The Balaban J connectivity index is 1.89. The van der Waals surface area contributed by atoms with E-state index in [0.29, 0.717) is 5.88 Å². The lowest BCUT2D eigenvalue weighted by Crippen LogP contribution is -2.44. The van der Waals surface area contributed by atoms with Crippen LogP contribution in [-0.2, 0) is 0 Å². The van der Waals surface area contributed by atoms with Crippen LogP contribution in [0.3, 0.4) is 0 Å². The topological polar surface area (TPSA) is 27.7 Å². The highest BCUT2D eigenvalue weighted by molar-refractivity contribution is 5.76. The largest absolute Gasteiger partial charge is 0.437 e. The molecule has 0 aliphatic carbocycles. The Labute approximate surface area is 101 Å². The van der Waals surface area contributed by atoms with E-state index in [1.165, 1.54) is 5.69 Å². The summed E-state index contributed by atoms with van der Waals surface area (Å²) in [6, 6.07) is 6.19. The minimum atomic E-state index is 0.613. The predicted molar refractivity (Wildman–Crippen MR) is 69.5 cm³/mol. The number of hydrogen-bond donors (Lipinski definition) is 1. The molecule has 4 heteroatoms. The third-order valence-corrected chi connectivity index (χ3v) is 3.34. The van der Waals surface area contributed by atoms with E-state index in [4.69, 9.17) is 4.74 Å². The van der Waals surface area contributed by atoms with Crippen LogP contribution < -0.4 is 15.0 Å². The molecule has 1 aromatic rings. The molecule has 1 N–H and O–H groups in total. The molecule has 0 atom stereocenters. The molecule has 90 valence electrons. The minimum absolute atomic E-state index is 0.613. The Morgan fingerprint density at radius 3 is 2.76 bits per heavy atom. The van der Waals surface area contributed by atoms with Crippen LogP contribution in [0, 0.1) is 0 Å². The van der Waals surface area contributed by atoms with Crippen molar-refractivity contribution in [3.05, 3.63) is 30.7 Å². The van der Waals surface area contributed by atoms with Crippen molar-refractivity contribution in [2.24, 2.45) is 0 Å². The van der Waals surface area contributed by atoms with Crippen LogP contribution in [-0.4, -0.2) is 38.1 Å². The zero-order chi connectivity index (χ0) is 11.8. The van der Waals surface area contributed by atoms with Gasteiger partial charge in [0.15, 0.2) is 11.6 Å². The molecule has 1 aromatic carbocycles. The average Bonchev–Trinajstić information content (AvgIpc) is 2.70. The quantitative estimate of drug-likeness (QED) is 0.796. The van der Waals surface area contributed by atoms with Gasteiger partial charge in [-0.15, -0.1) is 0 Å². The van der Waals surface area contributed by atoms with Crippen molar-refractivity contribution in [2.45, 2.75) is 0 Å². The highest BCUT2D eigenvalue weighted by atomic mass is 16.5. The summed E-state index contributed by atoms with van der Waals surface area (Å²) in [6.07, 6.45) is 0. The Bertz CT molecular complexity index is 450. The van der Waals surface area contributed by atoms with Gasteiger partial charge >= 0.3 is 0 Å². The fourth-order valence-electron chi connectivity index (χ4n) is 2.33. The van der Waals surface area contributed by atoms with Gasteiger partial charge < -0.3 is 19.9 Å². The smallest absolute Gasteiger partial charge is 0.190 e. The molecular weight excluding hydrogens is 214 g/mol. The predicted octanol–water partition coefficient (Wildman–Crippen LogP) is 1.71. The van der Waals surface area contributed by atoms with Crippen molar-refractivity contribution in [2.75, 3.05) is 43.4 Å². The maximum Gasteiger partial charge on any atom is 0.190 e. The first kappa shape index (κ1) is 10.5. The van der Waals surface area contributed by atoms with Crippen molar-refractivity contribution in [1.82, 2.24) is 4.90 Å². The van der Waals surface area contributed by atoms with Crippen molar-refractivity contribution < 1.29 is 4.74 Å². The molecule has 0 aromatic heterocycles. The number of benzene rings is 1. The molecule has 0 radical (unpaired) electrons. The first-order valence-corrected chi connectivity index (χ1v) is 5.94. The number of nitrogens with zero attached hydrogens (tertiary/aromatic N) is 2. The number of nitrogens with one attached hydrogen (secondary N) is 1. The van der Waals surface area contributed by atoms with Crippen LogP contribution in [0.5, 0.6) is 5.75 Å². The Kier molecular flexibility index (Phi) is 2.44. The van der Waals surface area contributed by atoms with Gasteiger partial charge in [-0.2, -0.15) is 0 Å². The lowest BCUT2D eigenvalue weighted by atomic mass is 10.2. The van der Waals surface area contributed by atoms with E-state index in [-0.39, 0.29) is 0 Å². The lowest BCUT2D eigenvalue weighted by Gasteiger charge is -2.34. The normalized spacial score (nSPS) is 19.8. The second-order valence-corrected chi connectivity index (χ2v) is 4.59. The van der Waals surface area contributed by atoms with Crippen molar-refractivity contribution in [3.63, 3.8) is 0 Å². The molecule has 1 saturated heterocycles. The summed E-state index contributed by atoms with van der Waals surface area (Å²) < 4.78 is 5.66. The molecule has 0 amide bonds. The summed E-state index contributed by atoms with van der Waals surface area (Å²) in [6.45, 7) is 8.09. The molecular formula is C13H17N3O. The number of para-hydroxylation sites is 1. The molecule has 0 spiro atoms. The number of fused-ring (bicyclic) bond motifs is 1. The zero-order valence-electron chi connectivity index (χ0n) is 10.1. The van der Waals surface area contributed by atoms with E-state index < -0.39 is 0 Å². The van der Waals surface area contributed by atoms with Crippen LogP contribution in [0.4, 0.5) is 11.4 Å². The number of likely N-dealkylation sites (N-methyl/N-ethyl adjacent to an activating group) is 1. The van der Waals surface area contributed by atoms with E-state index in [1.807, 2.05) is 6.07 Å². The van der Waals surface area contributed by atoms with E-state index in [9.17, 15) is 0 Å². The standard InChI is InChI=1S/C13H17N3O/c1-10-14-11-4-3-5-12(13(11)17-10)16-8-6-15(2)7-9-16/h3-5,14H,1,6-9H2,2H3. The summed E-state index contributed by atoms with van der Waals surface area (Å²) >= 11 is 0. The Morgan fingerprint density at radius 2 is 2.00 bits per heavy atom. The van der Waals surface area contributed by atoms with Gasteiger partial charge in [0, 0.05) is 26.2 Å². The van der Waals surface area contributed by atoms with E-state index in [2.05, 4.69) is 40.9 Å². The highest BCUT2D eigenvalue weighted by Crippen LogP contribution is 2.41. The molecule has 2 heterocycles. The minimum Gasteiger partial charge on any atom is -0.437 e. The number of rotatable bonds is 1. The number of hydrogen-bond acceptors (Lipinski definition) is 4. The summed E-state index contributed by atoms with van der Waals surface area (Å²) in [5.41, 5.74) is 2.19. The molecule has 0 unspecified atom stereocenters. The van der Waals surface area contributed by atoms with Crippen LogP contribution >= 0.6 is 0 Å². The summed E-state index contributed by atoms with van der Waals surface area (Å²) in [5, 5.41) is 3.13. The summed E-state index contributed by atoms with van der Waals surface area (Å²) in [5.74, 6) is 1.53. The molecule has 17 heavy (non-hydrogen) atoms. The molecule has 0 saturated carbocycles. The van der Waals surface area contributed by atoms with Crippen LogP contribution in [0.25, 0.3) is 0 Å². The molecule has 2 aliphatic heterocycles. The zero-order valence-corrected chi connectivity index (χ0v) is 10.1. The summed E-state index contributed by atoms with van der Waals surface area (Å²) in [4.78, 5) is 4.72. The fraction of sp³-hybridized carbons (Fsp3) is 0.385. The first-order chi connectivity index (χ1) is 8.24. The van der Waals surface area contributed by atoms with Gasteiger partial charge in [0.25, 0.3) is 0 Å². The second kappa shape index (κ2) is 3.96. The van der Waals surface area contributed by atoms with Gasteiger partial charge in [0.2, 0.25) is 0 Å². The Hall–Kier alpha value is -1.68. The monoisotopic (exact) mass is 231 g/mol. The number of anilines is 2. The second-order valence-electron chi connectivity index (χ2n) is 4.59. The SMILES string of the molecule is C=C1Nc2cccc(N3CCN(C)CC3)c2O1. The third-order valence-electron chi connectivity index (χ3n) is 3.34. The van der Waals surface area contributed by atoms with E-state index >= 15 is 0 Å². The fourth-order valence-corrected chi connectivity index (χ4v) is 2.33. The molecule has 2 aliphatic rings. The van der Waals surface area contributed by atoms with Gasteiger partial charge in [-0.3, -0.25) is 0 Å². The van der Waals surface area contributed by atoms with Gasteiger partial charge in [0.1, 0.15) is 0 Å².